The SMILES string of the molecule is CO[C@@H]1O[C@H](CCC(=O)C(=O)N2CCC(C)(NC(=O)OCc3ccccc3)CC2)[C@H]2OC(C)(C)O[C@@H]12. The third kappa shape index (κ3) is 6.23. The van der Waals surface area contributed by atoms with Crippen molar-refractivity contribution in [1.82, 2.24) is 10.2 Å². The van der Waals surface area contributed by atoms with Gasteiger partial charge in [0, 0.05) is 32.2 Å². The fraction of sp³-hybridized carbons (Fsp3) is 0.654. The average molecular weight is 505 g/mol. The number of piperidine rings is 1. The summed E-state index contributed by atoms with van der Waals surface area (Å²) in [4.78, 5) is 39.3. The third-order valence-corrected chi connectivity index (χ3v) is 7.00. The van der Waals surface area contributed by atoms with Gasteiger partial charge in [0.05, 0.1) is 6.10 Å². The van der Waals surface area contributed by atoms with Gasteiger partial charge in [-0.3, -0.25) is 9.59 Å². The molecule has 3 heterocycles. The monoisotopic (exact) mass is 504 g/mol. The van der Waals surface area contributed by atoms with E-state index in [0.29, 0.717) is 32.4 Å². The fourth-order valence-corrected chi connectivity index (χ4v) is 4.95. The molecule has 2 amide bonds. The van der Waals surface area contributed by atoms with Gasteiger partial charge < -0.3 is 33.9 Å². The predicted molar refractivity (Wildman–Crippen MR) is 128 cm³/mol. The van der Waals surface area contributed by atoms with Crippen LogP contribution in [0.3, 0.4) is 0 Å². The smallest absolute Gasteiger partial charge is 0.407 e. The molecule has 3 aliphatic rings. The summed E-state index contributed by atoms with van der Waals surface area (Å²) in [5.74, 6) is -1.73. The lowest BCUT2D eigenvalue weighted by atomic mass is 9.89. The number of ether oxygens (including phenoxy) is 5. The second-order valence-corrected chi connectivity index (χ2v) is 10.3. The molecule has 0 bridgehead atoms. The number of fused-ring (bicyclic) bond motifs is 1. The first-order chi connectivity index (χ1) is 17.1. The molecule has 4 rings (SSSR count). The molecule has 0 saturated carbocycles. The quantitative estimate of drug-likeness (QED) is 0.538. The molecule has 0 aliphatic carbocycles. The molecule has 10 heteroatoms. The van der Waals surface area contributed by atoms with Crippen molar-refractivity contribution < 1.29 is 38.1 Å². The van der Waals surface area contributed by atoms with E-state index in [1.54, 1.807) is 4.90 Å². The molecule has 0 aromatic heterocycles. The van der Waals surface area contributed by atoms with Crippen molar-refractivity contribution in [3.8, 4) is 0 Å². The minimum absolute atomic E-state index is 0.0464. The number of hydrogen-bond acceptors (Lipinski definition) is 8. The summed E-state index contributed by atoms with van der Waals surface area (Å²) in [6.45, 7) is 6.51. The molecule has 10 nitrogen and oxygen atoms in total. The molecular formula is C26H36N2O8. The van der Waals surface area contributed by atoms with Crippen molar-refractivity contribution in [2.45, 2.75) is 89.0 Å². The van der Waals surface area contributed by atoms with Crippen LogP contribution in [-0.2, 0) is 39.9 Å². The highest BCUT2D eigenvalue weighted by Crippen LogP contribution is 2.40. The van der Waals surface area contributed by atoms with E-state index in [4.69, 9.17) is 23.7 Å². The highest BCUT2D eigenvalue weighted by Gasteiger charge is 2.55. The molecule has 0 spiro atoms. The molecule has 3 aliphatic heterocycles. The minimum Gasteiger partial charge on any atom is -0.445 e. The average Bonchev–Trinajstić information content (AvgIpc) is 3.34. The van der Waals surface area contributed by atoms with Crippen LogP contribution in [0.5, 0.6) is 0 Å². The zero-order chi connectivity index (χ0) is 25.9. The number of amides is 2. The first-order valence-corrected chi connectivity index (χ1v) is 12.4. The first kappa shape index (κ1) is 26.5. The van der Waals surface area contributed by atoms with E-state index in [0.717, 1.165) is 5.56 Å². The van der Waals surface area contributed by atoms with Crippen LogP contribution in [-0.4, -0.2) is 78.8 Å². The van der Waals surface area contributed by atoms with Crippen LogP contribution in [0.15, 0.2) is 30.3 Å². The fourth-order valence-electron chi connectivity index (χ4n) is 4.95. The molecule has 198 valence electrons. The molecule has 4 atom stereocenters. The molecule has 0 unspecified atom stereocenters. The van der Waals surface area contributed by atoms with Crippen molar-refractivity contribution >= 4 is 17.8 Å². The van der Waals surface area contributed by atoms with E-state index < -0.39 is 41.5 Å². The van der Waals surface area contributed by atoms with Gasteiger partial charge in [0.2, 0.25) is 5.78 Å². The lowest BCUT2D eigenvalue weighted by Gasteiger charge is -2.39. The van der Waals surface area contributed by atoms with Gasteiger partial charge in [-0.15, -0.1) is 0 Å². The summed E-state index contributed by atoms with van der Waals surface area (Å²) in [6.07, 6.45) is -0.744. The number of carbonyl (C=O) groups is 3. The van der Waals surface area contributed by atoms with Crippen molar-refractivity contribution in [2.24, 2.45) is 0 Å². The number of hydrogen-bond donors (Lipinski definition) is 1. The number of nitrogens with zero attached hydrogens (tertiary/aromatic N) is 1. The van der Waals surface area contributed by atoms with Crippen molar-refractivity contribution in [3.63, 3.8) is 0 Å². The predicted octanol–water partition coefficient (Wildman–Crippen LogP) is 2.53. The number of nitrogens with one attached hydrogen (secondary N) is 1. The van der Waals surface area contributed by atoms with Crippen LogP contribution in [0, 0.1) is 0 Å². The second kappa shape index (κ2) is 10.8. The lowest BCUT2D eigenvalue weighted by Crippen LogP contribution is -2.55. The summed E-state index contributed by atoms with van der Waals surface area (Å²) >= 11 is 0. The highest BCUT2D eigenvalue weighted by atomic mass is 16.8. The second-order valence-electron chi connectivity index (χ2n) is 10.3. The Morgan fingerprint density at radius 3 is 2.39 bits per heavy atom. The Labute approximate surface area is 211 Å². The normalized spacial score (nSPS) is 28.4. The summed E-state index contributed by atoms with van der Waals surface area (Å²) in [6, 6.07) is 9.45. The Kier molecular flexibility index (Phi) is 7.99. The van der Waals surface area contributed by atoms with Crippen molar-refractivity contribution in [2.75, 3.05) is 20.2 Å². The summed E-state index contributed by atoms with van der Waals surface area (Å²) in [5.41, 5.74) is 0.394. The highest BCUT2D eigenvalue weighted by molar-refractivity contribution is 6.36. The van der Waals surface area contributed by atoms with Crippen molar-refractivity contribution in [3.05, 3.63) is 35.9 Å². The molecule has 3 fully saturated rings. The van der Waals surface area contributed by atoms with Gasteiger partial charge in [-0.05, 0) is 45.6 Å². The van der Waals surface area contributed by atoms with E-state index in [-0.39, 0.29) is 25.2 Å². The summed E-state index contributed by atoms with van der Waals surface area (Å²) < 4.78 is 28.4. The number of likely N-dealkylation sites (tertiary alicyclic amines) is 1. The molecule has 0 radical (unpaired) electrons. The molecule has 1 aromatic rings. The Morgan fingerprint density at radius 2 is 1.72 bits per heavy atom. The van der Waals surface area contributed by atoms with Gasteiger partial charge in [0.25, 0.3) is 5.91 Å². The molecule has 36 heavy (non-hydrogen) atoms. The molecule has 1 N–H and O–H groups in total. The van der Waals surface area contributed by atoms with E-state index in [1.807, 2.05) is 51.1 Å². The third-order valence-electron chi connectivity index (χ3n) is 7.00. The molecular weight excluding hydrogens is 468 g/mol. The van der Waals surface area contributed by atoms with Crippen LogP contribution in [0.25, 0.3) is 0 Å². The maximum Gasteiger partial charge on any atom is 0.407 e. The largest absolute Gasteiger partial charge is 0.445 e. The Balaban J connectivity index is 1.21. The maximum atomic E-state index is 12.8. The lowest BCUT2D eigenvalue weighted by molar-refractivity contribution is -0.227. The van der Waals surface area contributed by atoms with Crippen LogP contribution in [0.4, 0.5) is 4.79 Å². The number of rotatable bonds is 8. The maximum absolute atomic E-state index is 12.8. The van der Waals surface area contributed by atoms with Gasteiger partial charge in [-0.25, -0.2) is 4.79 Å². The number of Topliss-reactive ketones (excluding diaryl/α,β-unsaturated/α-hetero) is 1. The minimum atomic E-state index is -0.754. The Bertz CT molecular complexity index is 945. The van der Waals surface area contributed by atoms with Crippen molar-refractivity contribution in [1.29, 1.82) is 0 Å². The van der Waals surface area contributed by atoms with Crippen LogP contribution >= 0.6 is 0 Å². The topological polar surface area (TPSA) is 113 Å². The molecule has 1 aromatic carbocycles. The molecule has 3 saturated heterocycles. The van der Waals surface area contributed by atoms with E-state index in [1.165, 1.54) is 7.11 Å². The van der Waals surface area contributed by atoms with Gasteiger partial charge in [-0.2, -0.15) is 0 Å². The van der Waals surface area contributed by atoms with Crippen LogP contribution in [0.2, 0.25) is 0 Å². The van der Waals surface area contributed by atoms with Gasteiger partial charge >= 0.3 is 6.09 Å². The summed E-state index contributed by atoms with van der Waals surface area (Å²) in [7, 11) is 1.54. The zero-order valence-electron chi connectivity index (χ0n) is 21.4. The Morgan fingerprint density at radius 1 is 1.06 bits per heavy atom. The first-order valence-electron chi connectivity index (χ1n) is 12.4. The van der Waals surface area contributed by atoms with Gasteiger partial charge in [0.15, 0.2) is 12.1 Å². The van der Waals surface area contributed by atoms with Crippen LogP contribution < -0.4 is 5.32 Å². The number of benzene rings is 1. The Hall–Kier alpha value is -2.53. The summed E-state index contributed by atoms with van der Waals surface area (Å²) in [5, 5.41) is 2.92. The van der Waals surface area contributed by atoms with E-state index in [9.17, 15) is 14.4 Å². The number of methoxy groups -OCH3 is 1. The number of alkyl carbamates (subject to hydrolysis) is 1. The standard InChI is InChI=1S/C26H36N2O8/c1-25(2)35-20-19(34-23(32-4)21(20)36-25)11-10-18(29)22(30)28-14-12-26(3,13-15-28)27-24(31)33-16-17-8-6-5-7-9-17/h5-9,19-21,23H,10-16H2,1-4H3,(H,27,31)/t19-,20-,21-,23-/m1/s1. The van der Waals surface area contributed by atoms with Gasteiger partial charge in [-0.1, -0.05) is 30.3 Å². The number of carbonyl (C=O) groups excluding carboxylic acids is 3. The van der Waals surface area contributed by atoms with E-state index >= 15 is 0 Å². The zero-order valence-corrected chi connectivity index (χ0v) is 21.4. The number of ketones is 1. The van der Waals surface area contributed by atoms with Crippen LogP contribution in [0.1, 0.15) is 52.0 Å². The van der Waals surface area contributed by atoms with E-state index in [2.05, 4.69) is 5.32 Å². The van der Waals surface area contributed by atoms with Gasteiger partial charge in [0.1, 0.15) is 18.8 Å².